The Balaban J connectivity index is 2.00. The number of hydrogen-bond donors (Lipinski definition) is 2. The average Bonchev–Trinajstić information content (AvgIpc) is 2.73. The molecule has 0 spiro atoms. The van der Waals surface area contributed by atoms with Gasteiger partial charge in [-0.15, -0.1) is 0 Å². The van der Waals surface area contributed by atoms with E-state index in [-0.39, 0.29) is 17.3 Å². The molecule has 22 heavy (non-hydrogen) atoms. The van der Waals surface area contributed by atoms with E-state index in [0.29, 0.717) is 17.7 Å². The van der Waals surface area contributed by atoms with Gasteiger partial charge in [0.1, 0.15) is 5.75 Å². The summed E-state index contributed by atoms with van der Waals surface area (Å²) in [5, 5.41) is 5.06. The molecule has 0 bridgehead atoms. The fourth-order valence-corrected chi connectivity index (χ4v) is 3.90. The van der Waals surface area contributed by atoms with Gasteiger partial charge in [-0.25, -0.2) is 13.2 Å². The summed E-state index contributed by atoms with van der Waals surface area (Å²) in [5.74, 6) is -0.0703. The predicted octanol–water partition coefficient (Wildman–Crippen LogP) is 1.91. The van der Waals surface area contributed by atoms with E-state index in [2.05, 4.69) is 15.4 Å². The minimum Gasteiger partial charge on any atom is -0.434 e. The molecule has 1 fully saturated rings. The molecule has 1 aliphatic heterocycles. The number of carbonyl (C=O) groups excluding carboxylic acids is 1. The van der Waals surface area contributed by atoms with Gasteiger partial charge in [-0.3, -0.25) is 0 Å². The summed E-state index contributed by atoms with van der Waals surface area (Å²) in [7, 11) is -3.09. The summed E-state index contributed by atoms with van der Waals surface area (Å²) in [4.78, 5) is 11.9. The first kappa shape index (κ1) is 16.5. The molecule has 0 radical (unpaired) electrons. The number of anilines is 1. The van der Waals surface area contributed by atoms with Crippen LogP contribution in [0.3, 0.4) is 0 Å². The zero-order valence-electron chi connectivity index (χ0n) is 11.8. The lowest BCUT2D eigenvalue weighted by molar-refractivity contribution is -0.0502. The van der Waals surface area contributed by atoms with Gasteiger partial charge < -0.3 is 15.4 Å². The number of nitrogens with one attached hydrogen (secondary N) is 2. The zero-order valence-corrected chi connectivity index (χ0v) is 12.6. The molecule has 1 heterocycles. The first-order valence-electron chi connectivity index (χ1n) is 6.59. The Morgan fingerprint density at radius 1 is 1.41 bits per heavy atom. The number of amides is 2. The van der Waals surface area contributed by atoms with Crippen molar-refractivity contribution in [3.05, 3.63) is 23.8 Å². The average molecular weight is 334 g/mol. The summed E-state index contributed by atoms with van der Waals surface area (Å²) >= 11 is 0. The van der Waals surface area contributed by atoms with Gasteiger partial charge in [-0.2, -0.15) is 8.78 Å². The monoisotopic (exact) mass is 334 g/mol. The second-order valence-electron chi connectivity index (χ2n) is 5.01. The van der Waals surface area contributed by atoms with E-state index in [0.717, 1.165) is 0 Å². The molecule has 1 aromatic carbocycles. The Hall–Kier alpha value is -1.90. The fraction of sp³-hybridized carbons (Fsp3) is 0.462. The normalized spacial score (nSPS) is 19.9. The number of alkyl halides is 2. The van der Waals surface area contributed by atoms with Crippen LogP contribution in [-0.2, 0) is 9.84 Å². The van der Waals surface area contributed by atoms with Gasteiger partial charge in [0.15, 0.2) is 9.84 Å². The van der Waals surface area contributed by atoms with Crippen LogP contribution in [0.2, 0.25) is 0 Å². The molecule has 9 heteroatoms. The first-order chi connectivity index (χ1) is 10.3. The molecule has 1 saturated heterocycles. The zero-order chi connectivity index (χ0) is 16.3. The molecule has 2 amide bonds. The molecule has 0 saturated carbocycles. The Kier molecular flexibility index (Phi) is 4.84. The number of carbonyl (C=O) groups is 1. The highest BCUT2D eigenvalue weighted by Crippen LogP contribution is 2.26. The number of benzene rings is 1. The first-order valence-corrected chi connectivity index (χ1v) is 8.41. The number of hydrogen-bond acceptors (Lipinski definition) is 4. The summed E-state index contributed by atoms with van der Waals surface area (Å²) < 4.78 is 51.5. The third kappa shape index (κ3) is 4.30. The molecule has 6 nitrogen and oxygen atoms in total. The third-order valence-corrected chi connectivity index (χ3v) is 5.08. The topological polar surface area (TPSA) is 84.5 Å². The van der Waals surface area contributed by atoms with Gasteiger partial charge in [0.2, 0.25) is 0 Å². The fourth-order valence-electron chi connectivity index (χ4n) is 2.23. The van der Waals surface area contributed by atoms with Crippen molar-refractivity contribution in [2.45, 2.75) is 26.0 Å². The van der Waals surface area contributed by atoms with Crippen molar-refractivity contribution < 1.29 is 26.7 Å². The Morgan fingerprint density at radius 2 is 2.14 bits per heavy atom. The lowest BCUT2D eigenvalue weighted by Gasteiger charge is -2.15. The Labute approximate surface area is 126 Å². The van der Waals surface area contributed by atoms with E-state index in [4.69, 9.17) is 0 Å². The van der Waals surface area contributed by atoms with Crippen LogP contribution in [0.1, 0.15) is 12.0 Å². The van der Waals surface area contributed by atoms with E-state index in [1.807, 2.05) is 0 Å². The molecule has 0 aliphatic carbocycles. The van der Waals surface area contributed by atoms with E-state index >= 15 is 0 Å². The SMILES string of the molecule is Cc1c(NC(=O)N[C@@H]2CCS(=O)(=O)C2)cccc1OC(F)F. The number of halogens is 2. The quantitative estimate of drug-likeness (QED) is 0.881. The molecule has 1 aromatic rings. The highest BCUT2D eigenvalue weighted by molar-refractivity contribution is 7.91. The minimum absolute atomic E-state index is 0.0313. The molecule has 2 rings (SSSR count). The number of urea groups is 1. The highest BCUT2D eigenvalue weighted by Gasteiger charge is 2.29. The maximum atomic E-state index is 12.3. The van der Waals surface area contributed by atoms with Crippen LogP contribution in [-0.4, -0.2) is 38.6 Å². The van der Waals surface area contributed by atoms with Crippen molar-refractivity contribution in [3.63, 3.8) is 0 Å². The number of rotatable bonds is 4. The molecule has 122 valence electrons. The van der Waals surface area contributed by atoms with Crippen molar-refractivity contribution in [2.75, 3.05) is 16.8 Å². The lowest BCUT2D eigenvalue weighted by Crippen LogP contribution is -2.38. The van der Waals surface area contributed by atoms with E-state index in [1.165, 1.54) is 19.1 Å². The third-order valence-electron chi connectivity index (χ3n) is 3.32. The van der Waals surface area contributed by atoms with Crippen molar-refractivity contribution >= 4 is 21.6 Å². The molecular formula is C13H16F2N2O4S. The second-order valence-corrected chi connectivity index (χ2v) is 7.23. The summed E-state index contributed by atoms with van der Waals surface area (Å²) in [6.45, 7) is -1.42. The van der Waals surface area contributed by atoms with Crippen LogP contribution in [0, 0.1) is 6.92 Å². The van der Waals surface area contributed by atoms with Gasteiger partial charge in [0.05, 0.1) is 11.5 Å². The molecule has 0 aromatic heterocycles. The Morgan fingerprint density at radius 3 is 2.73 bits per heavy atom. The standard InChI is InChI=1S/C13H16F2N2O4S/c1-8-10(3-2-4-11(8)21-12(14)15)17-13(18)16-9-5-6-22(19,20)7-9/h2-4,9,12H,5-7H2,1H3,(H2,16,17,18)/t9-/m1/s1. The van der Waals surface area contributed by atoms with Gasteiger partial charge in [-0.1, -0.05) is 6.07 Å². The number of sulfone groups is 1. The van der Waals surface area contributed by atoms with Crippen LogP contribution in [0.25, 0.3) is 0 Å². The maximum Gasteiger partial charge on any atom is 0.387 e. The molecule has 2 N–H and O–H groups in total. The predicted molar refractivity (Wildman–Crippen MR) is 77.0 cm³/mol. The molecule has 1 aliphatic rings. The van der Waals surface area contributed by atoms with Crippen molar-refractivity contribution in [1.82, 2.24) is 5.32 Å². The van der Waals surface area contributed by atoms with E-state index in [9.17, 15) is 22.0 Å². The van der Waals surface area contributed by atoms with Crippen molar-refractivity contribution in [1.29, 1.82) is 0 Å². The van der Waals surface area contributed by atoms with Crippen LogP contribution >= 0.6 is 0 Å². The van der Waals surface area contributed by atoms with Gasteiger partial charge >= 0.3 is 12.6 Å². The summed E-state index contributed by atoms with van der Waals surface area (Å²) in [5.41, 5.74) is 0.675. The van der Waals surface area contributed by atoms with Crippen LogP contribution in [0.15, 0.2) is 18.2 Å². The molecular weight excluding hydrogens is 318 g/mol. The minimum atomic E-state index is -3.09. The van der Waals surface area contributed by atoms with Gasteiger partial charge in [0, 0.05) is 17.3 Å². The molecule has 0 unspecified atom stereocenters. The van der Waals surface area contributed by atoms with E-state index < -0.39 is 28.5 Å². The van der Waals surface area contributed by atoms with E-state index in [1.54, 1.807) is 6.07 Å². The second kappa shape index (κ2) is 6.47. The summed E-state index contributed by atoms with van der Waals surface area (Å²) in [6, 6.07) is 3.36. The van der Waals surface area contributed by atoms with Crippen LogP contribution in [0.5, 0.6) is 5.75 Å². The van der Waals surface area contributed by atoms with Crippen molar-refractivity contribution in [2.24, 2.45) is 0 Å². The summed E-state index contributed by atoms with van der Waals surface area (Å²) in [6.07, 6.45) is 0.364. The van der Waals surface area contributed by atoms with Crippen molar-refractivity contribution in [3.8, 4) is 5.75 Å². The Bertz CT molecular complexity index is 664. The maximum absolute atomic E-state index is 12.3. The van der Waals surface area contributed by atoms with Gasteiger partial charge in [0.25, 0.3) is 0 Å². The van der Waals surface area contributed by atoms with Crippen LogP contribution < -0.4 is 15.4 Å². The highest BCUT2D eigenvalue weighted by atomic mass is 32.2. The lowest BCUT2D eigenvalue weighted by atomic mass is 10.2. The number of ether oxygens (including phenoxy) is 1. The van der Waals surface area contributed by atoms with Crippen LogP contribution in [0.4, 0.5) is 19.3 Å². The smallest absolute Gasteiger partial charge is 0.387 e. The largest absolute Gasteiger partial charge is 0.434 e. The van der Waals surface area contributed by atoms with Gasteiger partial charge in [-0.05, 0) is 25.5 Å². The molecule has 1 atom stereocenters.